The number of piperidine rings is 1. The Morgan fingerprint density at radius 1 is 1.07 bits per heavy atom. The van der Waals surface area contributed by atoms with Crippen LogP contribution in [0.4, 0.5) is 0 Å². The number of unbranched alkanes of at least 4 members (excludes halogenated alkanes) is 1. The summed E-state index contributed by atoms with van der Waals surface area (Å²) in [5.74, 6) is 0. The summed E-state index contributed by atoms with van der Waals surface area (Å²) in [5, 5.41) is 18.3. The monoisotopic (exact) mass is 199 g/mol. The number of aliphatic hydroxyl groups excluding tert-OH is 2. The van der Waals surface area contributed by atoms with Gasteiger partial charge in [-0.15, -0.1) is 0 Å². The molecule has 0 amide bonds. The molecule has 0 aromatic carbocycles. The Labute approximate surface area is 85.7 Å². The molecule has 2 bridgehead atoms. The molecule has 0 saturated carbocycles. The van der Waals surface area contributed by atoms with Crippen LogP contribution in [0.15, 0.2) is 0 Å². The van der Waals surface area contributed by atoms with E-state index in [1.807, 2.05) is 0 Å². The van der Waals surface area contributed by atoms with E-state index in [1.54, 1.807) is 0 Å². The SMILES string of the molecule is OCCCCN1C2CCC1CC(O)C2. The van der Waals surface area contributed by atoms with Gasteiger partial charge in [-0.3, -0.25) is 4.90 Å². The second-order valence-electron chi connectivity index (χ2n) is 4.68. The smallest absolute Gasteiger partial charge is 0.0570 e. The van der Waals surface area contributed by atoms with Crippen LogP contribution in [0.2, 0.25) is 0 Å². The molecule has 3 heteroatoms. The topological polar surface area (TPSA) is 43.7 Å². The highest BCUT2D eigenvalue weighted by atomic mass is 16.3. The average Bonchev–Trinajstić information content (AvgIpc) is 2.42. The van der Waals surface area contributed by atoms with Gasteiger partial charge in [0.2, 0.25) is 0 Å². The van der Waals surface area contributed by atoms with E-state index in [4.69, 9.17) is 5.11 Å². The molecule has 2 atom stereocenters. The van der Waals surface area contributed by atoms with Crippen LogP contribution in [0.3, 0.4) is 0 Å². The molecular weight excluding hydrogens is 178 g/mol. The summed E-state index contributed by atoms with van der Waals surface area (Å²) in [6.07, 6.45) is 6.42. The quantitative estimate of drug-likeness (QED) is 0.657. The molecule has 0 aromatic heterocycles. The van der Waals surface area contributed by atoms with E-state index >= 15 is 0 Å². The van der Waals surface area contributed by atoms with Gasteiger partial charge in [0, 0.05) is 18.7 Å². The fourth-order valence-corrected chi connectivity index (χ4v) is 3.02. The zero-order valence-electron chi connectivity index (χ0n) is 8.73. The van der Waals surface area contributed by atoms with Gasteiger partial charge in [0.15, 0.2) is 0 Å². The van der Waals surface area contributed by atoms with Crippen LogP contribution < -0.4 is 0 Å². The van der Waals surface area contributed by atoms with Crippen LogP contribution in [-0.4, -0.2) is 46.5 Å². The molecule has 2 N–H and O–H groups in total. The van der Waals surface area contributed by atoms with E-state index in [1.165, 1.54) is 12.8 Å². The predicted octanol–water partition coefficient (Wildman–Crippen LogP) is 0.747. The average molecular weight is 199 g/mol. The van der Waals surface area contributed by atoms with Crippen molar-refractivity contribution in [2.24, 2.45) is 0 Å². The molecule has 0 spiro atoms. The van der Waals surface area contributed by atoms with Crippen molar-refractivity contribution in [2.45, 2.75) is 56.7 Å². The Bertz CT molecular complexity index is 172. The minimum atomic E-state index is -0.0541. The van der Waals surface area contributed by atoms with E-state index < -0.39 is 0 Å². The van der Waals surface area contributed by atoms with Gasteiger partial charge in [-0.05, 0) is 45.1 Å². The van der Waals surface area contributed by atoms with Crippen LogP contribution in [0.1, 0.15) is 38.5 Å². The Balaban J connectivity index is 1.82. The number of nitrogens with zero attached hydrogens (tertiary/aromatic N) is 1. The van der Waals surface area contributed by atoms with E-state index in [9.17, 15) is 5.11 Å². The summed E-state index contributed by atoms with van der Waals surface area (Å²) in [5.41, 5.74) is 0. The first-order chi connectivity index (χ1) is 6.81. The van der Waals surface area contributed by atoms with Gasteiger partial charge in [0.1, 0.15) is 0 Å². The van der Waals surface area contributed by atoms with Crippen molar-refractivity contribution in [1.29, 1.82) is 0 Å². The standard InChI is InChI=1S/C11H21NO2/c13-6-2-1-5-12-9-3-4-10(12)8-11(14)7-9/h9-11,13-14H,1-8H2. The minimum absolute atomic E-state index is 0.0541. The van der Waals surface area contributed by atoms with Crippen LogP contribution in [-0.2, 0) is 0 Å². The first-order valence-corrected chi connectivity index (χ1v) is 5.86. The Morgan fingerprint density at radius 3 is 2.29 bits per heavy atom. The first-order valence-electron chi connectivity index (χ1n) is 5.86. The summed E-state index contributed by atoms with van der Waals surface area (Å²) in [4.78, 5) is 2.56. The lowest BCUT2D eigenvalue weighted by Crippen LogP contribution is -2.45. The summed E-state index contributed by atoms with van der Waals surface area (Å²) >= 11 is 0. The van der Waals surface area contributed by atoms with Crippen molar-refractivity contribution in [3.05, 3.63) is 0 Å². The van der Waals surface area contributed by atoms with E-state index in [0.717, 1.165) is 32.2 Å². The minimum Gasteiger partial charge on any atom is -0.396 e. The van der Waals surface area contributed by atoms with Gasteiger partial charge in [-0.2, -0.15) is 0 Å². The highest BCUT2D eigenvalue weighted by molar-refractivity contribution is 4.94. The lowest BCUT2D eigenvalue weighted by atomic mass is 9.99. The number of hydrogen-bond acceptors (Lipinski definition) is 3. The Morgan fingerprint density at radius 2 is 1.71 bits per heavy atom. The summed E-state index contributed by atoms with van der Waals surface area (Å²) in [7, 11) is 0. The van der Waals surface area contributed by atoms with Crippen molar-refractivity contribution in [3.8, 4) is 0 Å². The van der Waals surface area contributed by atoms with Crippen LogP contribution in [0, 0.1) is 0 Å². The molecule has 2 rings (SSSR count). The fraction of sp³-hybridized carbons (Fsp3) is 1.00. The molecule has 3 nitrogen and oxygen atoms in total. The predicted molar refractivity (Wildman–Crippen MR) is 55.1 cm³/mol. The van der Waals surface area contributed by atoms with Crippen molar-refractivity contribution in [2.75, 3.05) is 13.2 Å². The molecule has 2 heterocycles. The van der Waals surface area contributed by atoms with Gasteiger partial charge < -0.3 is 10.2 Å². The molecule has 0 aliphatic carbocycles. The number of fused-ring (bicyclic) bond motifs is 2. The highest BCUT2D eigenvalue weighted by Crippen LogP contribution is 2.35. The number of hydrogen-bond donors (Lipinski definition) is 2. The number of rotatable bonds is 4. The van der Waals surface area contributed by atoms with E-state index in [0.29, 0.717) is 18.7 Å². The zero-order chi connectivity index (χ0) is 9.97. The lowest BCUT2D eigenvalue weighted by molar-refractivity contribution is 0.0340. The van der Waals surface area contributed by atoms with Gasteiger partial charge in [-0.1, -0.05) is 0 Å². The largest absolute Gasteiger partial charge is 0.396 e. The molecule has 0 aromatic rings. The maximum absolute atomic E-state index is 9.61. The molecular formula is C11H21NO2. The molecule has 2 unspecified atom stereocenters. The third-order valence-corrected chi connectivity index (χ3v) is 3.68. The molecule has 2 aliphatic rings. The second kappa shape index (κ2) is 4.60. The Kier molecular flexibility index (Phi) is 3.42. The van der Waals surface area contributed by atoms with Crippen LogP contribution >= 0.6 is 0 Å². The van der Waals surface area contributed by atoms with Gasteiger partial charge in [0.05, 0.1) is 6.10 Å². The summed E-state index contributed by atoms with van der Waals surface area (Å²) < 4.78 is 0. The summed E-state index contributed by atoms with van der Waals surface area (Å²) in [6.45, 7) is 1.43. The van der Waals surface area contributed by atoms with Crippen LogP contribution in [0.5, 0.6) is 0 Å². The lowest BCUT2D eigenvalue weighted by Gasteiger charge is -2.37. The maximum Gasteiger partial charge on any atom is 0.0570 e. The highest BCUT2D eigenvalue weighted by Gasteiger charge is 2.39. The van der Waals surface area contributed by atoms with Gasteiger partial charge in [-0.25, -0.2) is 0 Å². The molecule has 82 valence electrons. The van der Waals surface area contributed by atoms with Gasteiger partial charge in [0.25, 0.3) is 0 Å². The van der Waals surface area contributed by atoms with Crippen molar-refractivity contribution in [1.82, 2.24) is 4.90 Å². The third-order valence-electron chi connectivity index (χ3n) is 3.68. The zero-order valence-corrected chi connectivity index (χ0v) is 8.73. The normalized spacial score (nSPS) is 37.7. The fourth-order valence-electron chi connectivity index (χ4n) is 3.02. The number of aliphatic hydroxyl groups is 2. The van der Waals surface area contributed by atoms with Gasteiger partial charge >= 0.3 is 0 Å². The van der Waals surface area contributed by atoms with E-state index in [2.05, 4.69) is 4.90 Å². The third kappa shape index (κ3) is 2.10. The molecule has 2 aliphatic heterocycles. The molecule has 0 radical (unpaired) electrons. The first kappa shape index (κ1) is 10.4. The molecule has 2 saturated heterocycles. The maximum atomic E-state index is 9.61. The second-order valence-corrected chi connectivity index (χ2v) is 4.68. The van der Waals surface area contributed by atoms with Crippen molar-refractivity contribution >= 4 is 0 Å². The molecule has 2 fully saturated rings. The van der Waals surface area contributed by atoms with E-state index in [-0.39, 0.29) is 6.10 Å². The molecule has 14 heavy (non-hydrogen) atoms. The Hall–Kier alpha value is -0.120. The van der Waals surface area contributed by atoms with Crippen molar-refractivity contribution < 1.29 is 10.2 Å². The summed E-state index contributed by atoms with van der Waals surface area (Å²) in [6, 6.07) is 1.25. The van der Waals surface area contributed by atoms with Crippen LogP contribution in [0.25, 0.3) is 0 Å². The van der Waals surface area contributed by atoms with Crippen molar-refractivity contribution in [3.63, 3.8) is 0 Å².